The second-order valence-electron chi connectivity index (χ2n) is 7.53. The summed E-state index contributed by atoms with van der Waals surface area (Å²) in [5, 5.41) is 21.1. The fraction of sp³-hybridized carbons (Fsp3) is 0.273. The third kappa shape index (κ3) is 4.71. The van der Waals surface area contributed by atoms with E-state index in [0.29, 0.717) is 0 Å². The highest BCUT2D eigenvalue weighted by molar-refractivity contribution is 6.32. The van der Waals surface area contributed by atoms with Gasteiger partial charge in [-0.2, -0.15) is 23.0 Å². The third-order valence-electron chi connectivity index (χ3n) is 5.20. The van der Waals surface area contributed by atoms with E-state index in [1.807, 2.05) is 0 Å². The molecule has 2 aromatic heterocycles. The Bertz CT molecular complexity index is 1470. The van der Waals surface area contributed by atoms with Crippen LogP contribution in [0.3, 0.4) is 0 Å². The number of hydrogen-bond acceptors (Lipinski definition) is 7. The number of aliphatic hydroxyl groups excluding tert-OH is 1. The van der Waals surface area contributed by atoms with Crippen LogP contribution in [0.1, 0.15) is 19.7 Å². The second kappa shape index (κ2) is 9.74. The van der Waals surface area contributed by atoms with Gasteiger partial charge >= 0.3 is 11.9 Å². The van der Waals surface area contributed by atoms with Gasteiger partial charge in [0.15, 0.2) is 23.5 Å². The molecule has 2 heterocycles. The first-order chi connectivity index (χ1) is 17.0. The van der Waals surface area contributed by atoms with Gasteiger partial charge in [-0.15, -0.1) is 10.2 Å². The van der Waals surface area contributed by atoms with Crippen LogP contribution in [0, 0.1) is 5.82 Å². The quantitative estimate of drug-likeness (QED) is 0.355. The van der Waals surface area contributed by atoms with E-state index < -0.39 is 36.1 Å². The van der Waals surface area contributed by atoms with Gasteiger partial charge in [0, 0.05) is 18.0 Å². The fourth-order valence-corrected chi connectivity index (χ4v) is 3.61. The largest absolute Gasteiger partial charge is 0.480 e. The Morgan fingerprint density at radius 1 is 1.25 bits per heavy atom. The maximum absolute atomic E-state index is 14.3. The normalized spacial score (nSPS) is 12.7. The van der Waals surface area contributed by atoms with Crippen molar-refractivity contribution in [3.8, 4) is 23.1 Å². The Labute approximate surface area is 205 Å². The monoisotopic (exact) mass is 527 g/mol. The summed E-state index contributed by atoms with van der Waals surface area (Å²) in [6.45, 7) is 2.12. The molecule has 0 saturated carbocycles. The molecular weight excluding hydrogens is 510 g/mol. The van der Waals surface area contributed by atoms with Crippen molar-refractivity contribution in [3.05, 3.63) is 63.7 Å². The van der Waals surface area contributed by atoms with Crippen molar-refractivity contribution < 1.29 is 32.1 Å². The number of ether oxygens (including phenoxy) is 2. The van der Waals surface area contributed by atoms with Crippen molar-refractivity contribution in [1.29, 1.82) is 0 Å². The maximum atomic E-state index is 14.3. The molecule has 0 fully saturated rings. The summed E-state index contributed by atoms with van der Waals surface area (Å²) in [6.07, 6.45) is -5.80. The number of para-hydroxylation sites is 1. The number of alkyl halides is 3. The molecule has 2 aromatic carbocycles. The van der Waals surface area contributed by atoms with Crippen LogP contribution in [0.15, 0.2) is 41.3 Å². The van der Waals surface area contributed by atoms with Crippen LogP contribution in [0.5, 0.6) is 17.4 Å². The standard InChI is InChI=1S/C22H18ClF4N5O4/c1-3-31-17(10-33)30-32(21(31)34)13-7-12-9-28-29-20(36-19-14(23)5-4-6-15(19)24)18(12)16(8-13)35-11(2)22(25,26)27/h4-9,11,33H,3,10H2,1-2H3. The first kappa shape index (κ1) is 25.4. The van der Waals surface area contributed by atoms with Crippen LogP contribution in [-0.2, 0) is 13.2 Å². The molecule has 0 amide bonds. The average Bonchev–Trinajstić information content (AvgIpc) is 3.16. The van der Waals surface area contributed by atoms with Gasteiger partial charge in [-0.1, -0.05) is 17.7 Å². The van der Waals surface area contributed by atoms with Gasteiger partial charge < -0.3 is 14.6 Å². The molecule has 0 bridgehead atoms. The highest BCUT2D eigenvalue weighted by Crippen LogP contribution is 2.40. The lowest BCUT2D eigenvalue weighted by atomic mass is 10.1. The van der Waals surface area contributed by atoms with Gasteiger partial charge in [-0.25, -0.2) is 9.18 Å². The molecule has 36 heavy (non-hydrogen) atoms. The SMILES string of the molecule is CCn1c(CO)nn(-c2cc(OC(C)C(F)(F)F)c3c(Oc4c(F)cccc4Cl)nncc3c2)c1=O. The number of aromatic nitrogens is 5. The minimum Gasteiger partial charge on any atom is -0.480 e. The van der Waals surface area contributed by atoms with Crippen molar-refractivity contribution in [2.24, 2.45) is 0 Å². The highest BCUT2D eigenvalue weighted by atomic mass is 35.5. The van der Waals surface area contributed by atoms with E-state index in [-0.39, 0.29) is 45.5 Å². The van der Waals surface area contributed by atoms with E-state index in [1.54, 1.807) is 6.92 Å². The third-order valence-corrected chi connectivity index (χ3v) is 5.50. The van der Waals surface area contributed by atoms with Crippen molar-refractivity contribution in [1.82, 2.24) is 24.5 Å². The van der Waals surface area contributed by atoms with Gasteiger partial charge in [0.25, 0.3) is 5.88 Å². The number of fused-ring (bicyclic) bond motifs is 1. The molecule has 0 spiro atoms. The molecule has 0 saturated heterocycles. The molecule has 4 rings (SSSR count). The lowest BCUT2D eigenvalue weighted by molar-refractivity contribution is -0.189. The van der Waals surface area contributed by atoms with Crippen LogP contribution in [-0.4, -0.2) is 41.9 Å². The predicted octanol–water partition coefficient (Wildman–Crippen LogP) is 4.40. The zero-order chi connectivity index (χ0) is 26.2. The van der Waals surface area contributed by atoms with Crippen molar-refractivity contribution >= 4 is 22.4 Å². The van der Waals surface area contributed by atoms with Gasteiger partial charge in [0.1, 0.15) is 12.4 Å². The maximum Gasteiger partial charge on any atom is 0.425 e. The summed E-state index contributed by atoms with van der Waals surface area (Å²) in [7, 11) is 0. The van der Waals surface area contributed by atoms with Crippen LogP contribution in [0.4, 0.5) is 17.6 Å². The topological polar surface area (TPSA) is 104 Å². The van der Waals surface area contributed by atoms with Crippen LogP contribution in [0.25, 0.3) is 16.5 Å². The minimum atomic E-state index is -4.73. The van der Waals surface area contributed by atoms with Crippen molar-refractivity contribution in [3.63, 3.8) is 0 Å². The molecule has 9 nitrogen and oxygen atoms in total. The molecule has 0 aliphatic carbocycles. The molecule has 190 valence electrons. The number of nitrogens with zero attached hydrogens (tertiary/aromatic N) is 5. The summed E-state index contributed by atoms with van der Waals surface area (Å²) in [5.74, 6) is -1.95. The predicted molar refractivity (Wildman–Crippen MR) is 120 cm³/mol. The second-order valence-corrected chi connectivity index (χ2v) is 7.93. The van der Waals surface area contributed by atoms with Crippen molar-refractivity contribution in [2.75, 3.05) is 0 Å². The smallest absolute Gasteiger partial charge is 0.425 e. The van der Waals surface area contributed by atoms with Gasteiger partial charge in [-0.05, 0) is 32.0 Å². The summed E-state index contributed by atoms with van der Waals surface area (Å²) >= 11 is 6.02. The number of rotatable bonds is 7. The van der Waals surface area contributed by atoms with E-state index in [2.05, 4.69) is 15.3 Å². The summed E-state index contributed by atoms with van der Waals surface area (Å²) in [5.41, 5.74) is -0.603. The first-order valence-corrected chi connectivity index (χ1v) is 10.9. The molecule has 1 atom stereocenters. The molecule has 0 radical (unpaired) electrons. The van der Waals surface area contributed by atoms with Gasteiger partial charge in [-0.3, -0.25) is 4.57 Å². The summed E-state index contributed by atoms with van der Waals surface area (Å²) < 4.78 is 67.3. The molecule has 0 aliphatic heterocycles. The Hall–Kier alpha value is -3.71. The molecular formula is C22H18ClF4N5O4. The average molecular weight is 528 g/mol. The van der Waals surface area contributed by atoms with Crippen molar-refractivity contribution in [2.45, 2.75) is 39.3 Å². The molecule has 0 aliphatic rings. The number of halogens is 5. The first-order valence-electron chi connectivity index (χ1n) is 10.5. The zero-order valence-electron chi connectivity index (χ0n) is 18.8. The Balaban J connectivity index is 1.95. The van der Waals surface area contributed by atoms with Gasteiger partial charge in [0.2, 0.25) is 0 Å². The molecule has 1 unspecified atom stereocenters. The zero-order valence-corrected chi connectivity index (χ0v) is 19.5. The van der Waals surface area contributed by atoms with Crippen LogP contribution in [0.2, 0.25) is 5.02 Å². The lowest BCUT2D eigenvalue weighted by Gasteiger charge is -2.20. The number of hydrogen-bond donors (Lipinski definition) is 1. The number of aliphatic hydroxyl groups is 1. The van der Waals surface area contributed by atoms with E-state index in [1.165, 1.54) is 29.0 Å². The van der Waals surface area contributed by atoms with E-state index in [9.17, 15) is 27.5 Å². The highest BCUT2D eigenvalue weighted by Gasteiger charge is 2.38. The minimum absolute atomic E-state index is 0.0293. The molecule has 1 N–H and O–H groups in total. The van der Waals surface area contributed by atoms with Crippen LogP contribution >= 0.6 is 11.6 Å². The van der Waals surface area contributed by atoms with Gasteiger partial charge in [0.05, 0.1) is 22.3 Å². The fourth-order valence-electron chi connectivity index (χ4n) is 3.41. The lowest BCUT2D eigenvalue weighted by Crippen LogP contribution is -2.31. The van der Waals surface area contributed by atoms with E-state index in [4.69, 9.17) is 21.1 Å². The Morgan fingerprint density at radius 3 is 2.61 bits per heavy atom. The Kier molecular flexibility index (Phi) is 6.87. The number of benzene rings is 2. The van der Waals surface area contributed by atoms with E-state index >= 15 is 0 Å². The van der Waals surface area contributed by atoms with Crippen LogP contribution < -0.4 is 15.2 Å². The summed E-state index contributed by atoms with van der Waals surface area (Å²) in [4.78, 5) is 12.8. The van der Waals surface area contributed by atoms with E-state index in [0.717, 1.165) is 23.7 Å². The summed E-state index contributed by atoms with van der Waals surface area (Å²) in [6, 6.07) is 6.31. The molecule has 14 heteroatoms. The molecule has 4 aromatic rings. The Morgan fingerprint density at radius 2 is 2.00 bits per heavy atom.